The molecule has 0 aliphatic carbocycles. The van der Waals surface area contributed by atoms with Crippen LogP contribution in [0.3, 0.4) is 0 Å². The lowest BCUT2D eigenvalue weighted by Crippen LogP contribution is -2.24. The van der Waals surface area contributed by atoms with Crippen molar-refractivity contribution < 1.29 is 0 Å². The van der Waals surface area contributed by atoms with Crippen molar-refractivity contribution in [2.24, 2.45) is 5.92 Å². The molecule has 1 aliphatic rings. The fourth-order valence-corrected chi connectivity index (χ4v) is 2.68. The molecular formula is C13H20N8. The molecule has 21 heavy (non-hydrogen) atoms. The summed E-state index contributed by atoms with van der Waals surface area (Å²) in [6, 6.07) is 0. The predicted molar refractivity (Wildman–Crippen MR) is 79.5 cm³/mol. The molecule has 8 heteroatoms. The van der Waals surface area contributed by atoms with E-state index in [0.717, 1.165) is 19.0 Å². The van der Waals surface area contributed by atoms with Gasteiger partial charge in [-0.2, -0.15) is 24.7 Å². The minimum atomic E-state index is 0.487. The number of hydrogen-bond acceptors (Lipinski definition) is 7. The molecule has 1 atom stereocenters. The van der Waals surface area contributed by atoms with Gasteiger partial charge in [0.1, 0.15) is 12.7 Å². The average molecular weight is 288 g/mol. The lowest BCUT2D eigenvalue weighted by molar-refractivity contribution is 0.529. The van der Waals surface area contributed by atoms with Crippen LogP contribution in [0.2, 0.25) is 0 Å². The summed E-state index contributed by atoms with van der Waals surface area (Å²) in [6.07, 6.45) is 6.74. The number of hydrogen-bond donors (Lipinski definition) is 1. The van der Waals surface area contributed by atoms with Crippen LogP contribution in [-0.2, 0) is 0 Å². The molecule has 0 amide bonds. The van der Waals surface area contributed by atoms with Gasteiger partial charge in [-0.1, -0.05) is 13.3 Å². The third-order valence-corrected chi connectivity index (χ3v) is 3.72. The Morgan fingerprint density at radius 1 is 1.29 bits per heavy atom. The van der Waals surface area contributed by atoms with E-state index in [-0.39, 0.29) is 0 Å². The Morgan fingerprint density at radius 2 is 2.14 bits per heavy atom. The second kappa shape index (κ2) is 6.02. The molecular weight excluding hydrogens is 268 g/mol. The van der Waals surface area contributed by atoms with Crippen LogP contribution in [0.15, 0.2) is 12.7 Å². The van der Waals surface area contributed by atoms with Gasteiger partial charge >= 0.3 is 0 Å². The highest BCUT2D eigenvalue weighted by Gasteiger charge is 2.24. The molecule has 0 aromatic carbocycles. The van der Waals surface area contributed by atoms with Crippen molar-refractivity contribution in [1.82, 2.24) is 29.7 Å². The Bertz CT molecular complexity index is 582. The van der Waals surface area contributed by atoms with Crippen LogP contribution in [0.5, 0.6) is 0 Å². The summed E-state index contributed by atoms with van der Waals surface area (Å²) in [5.74, 6) is 2.48. The van der Waals surface area contributed by atoms with Gasteiger partial charge in [-0.15, -0.1) is 0 Å². The van der Waals surface area contributed by atoms with Crippen LogP contribution in [0.1, 0.15) is 26.2 Å². The normalized spacial score (nSPS) is 18.2. The quantitative estimate of drug-likeness (QED) is 0.882. The van der Waals surface area contributed by atoms with Crippen LogP contribution in [-0.4, -0.2) is 49.9 Å². The first-order valence-electron chi connectivity index (χ1n) is 7.34. The van der Waals surface area contributed by atoms with E-state index in [9.17, 15) is 0 Å². The zero-order valence-corrected chi connectivity index (χ0v) is 12.4. The minimum Gasteiger partial charge on any atom is -0.357 e. The summed E-state index contributed by atoms with van der Waals surface area (Å²) in [7, 11) is 1.80. The fraction of sp³-hybridized carbons (Fsp3) is 0.615. The Morgan fingerprint density at radius 3 is 2.86 bits per heavy atom. The van der Waals surface area contributed by atoms with Gasteiger partial charge in [0.05, 0.1) is 0 Å². The van der Waals surface area contributed by atoms with Gasteiger partial charge in [0.25, 0.3) is 5.95 Å². The van der Waals surface area contributed by atoms with Crippen LogP contribution < -0.4 is 10.2 Å². The molecule has 2 aromatic heterocycles. The molecule has 2 aromatic rings. The molecule has 1 unspecified atom stereocenters. The van der Waals surface area contributed by atoms with Crippen molar-refractivity contribution in [3.05, 3.63) is 12.7 Å². The number of anilines is 2. The van der Waals surface area contributed by atoms with Gasteiger partial charge in [-0.25, -0.2) is 4.98 Å². The van der Waals surface area contributed by atoms with E-state index in [0.29, 0.717) is 17.8 Å². The topological polar surface area (TPSA) is 84.7 Å². The smallest absolute Gasteiger partial charge is 0.258 e. The van der Waals surface area contributed by atoms with Gasteiger partial charge in [0.15, 0.2) is 0 Å². The third kappa shape index (κ3) is 2.93. The lowest BCUT2D eigenvalue weighted by Gasteiger charge is -2.17. The first-order valence-corrected chi connectivity index (χ1v) is 7.34. The molecule has 1 aliphatic heterocycles. The summed E-state index contributed by atoms with van der Waals surface area (Å²) in [6.45, 7) is 4.24. The van der Waals surface area contributed by atoms with Crippen molar-refractivity contribution in [1.29, 1.82) is 0 Å². The van der Waals surface area contributed by atoms with E-state index in [2.05, 4.69) is 42.2 Å². The Balaban J connectivity index is 1.87. The molecule has 0 bridgehead atoms. The van der Waals surface area contributed by atoms with E-state index in [1.807, 2.05) is 0 Å². The summed E-state index contributed by atoms with van der Waals surface area (Å²) in [4.78, 5) is 19.5. The summed E-state index contributed by atoms with van der Waals surface area (Å²) >= 11 is 0. The second-order valence-corrected chi connectivity index (χ2v) is 5.24. The van der Waals surface area contributed by atoms with E-state index in [1.165, 1.54) is 25.6 Å². The summed E-state index contributed by atoms with van der Waals surface area (Å²) in [5, 5.41) is 7.06. The molecule has 0 saturated carbocycles. The predicted octanol–water partition coefficient (Wildman–Crippen LogP) is 1.12. The van der Waals surface area contributed by atoms with Gasteiger partial charge in [-0.05, 0) is 18.8 Å². The molecule has 1 fully saturated rings. The number of nitrogens with one attached hydrogen (secondary N) is 1. The van der Waals surface area contributed by atoms with Crippen molar-refractivity contribution in [2.45, 2.75) is 26.2 Å². The Hall–Kier alpha value is -2.25. The maximum atomic E-state index is 4.52. The minimum absolute atomic E-state index is 0.487. The second-order valence-electron chi connectivity index (χ2n) is 5.24. The maximum Gasteiger partial charge on any atom is 0.258 e. The fourth-order valence-electron chi connectivity index (χ4n) is 2.68. The Labute approximate surface area is 123 Å². The molecule has 1 N–H and O–H groups in total. The van der Waals surface area contributed by atoms with Crippen LogP contribution >= 0.6 is 0 Å². The number of aromatic nitrogens is 6. The van der Waals surface area contributed by atoms with Crippen LogP contribution in [0.4, 0.5) is 11.9 Å². The first kappa shape index (κ1) is 13.7. The first-order chi connectivity index (χ1) is 10.3. The highest BCUT2D eigenvalue weighted by molar-refractivity contribution is 5.40. The number of nitrogens with zero attached hydrogens (tertiary/aromatic N) is 7. The molecule has 1 saturated heterocycles. The van der Waals surface area contributed by atoms with Gasteiger partial charge in [-0.3, -0.25) is 0 Å². The highest BCUT2D eigenvalue weighted by atomic mass is 15.4. The van der Waals surface area contributed by atoms with E-state index < -0.39 is 0 Å². The third-order valence-electron chi connectivity index (χ3n) is 3.72. The van der Waals surface area contributed by atoms with Crippen molar-refractivity contribution in [3.8, 4) is 5.95 Å². The largest absolute Gasteiger partial charge is 0.357 e. The molecule has 8 nitrogen and oxygen atoms in total. The summed E-state index contributed by atoms with van der Waals surface area (Å²) < 4.78 is 1.55. The van der Waals surface area contributed by atoms with Crippen LogP contribution in [0.25, 0.3) is 5.95 Å². The summed E-state index contributed by atoms with van der Waals surface area (Å²) in [5.41, 5.74) is 0. The zero-order chi connectivity index (χ0) is 14.7. The standard InChI is InChI=1S/C13H20N8/c1-3-4-10-5-6-20(7-10)12-17-11(14-2)18-13(19-12)21-9-15-8-16-21/h8-10H,3-7H2,1-2H3,(H,14,17,18,19). The molecule has 3 rings (SSSR count). The van der Waals surface area contributed by atoms with Crippen molar-refractivity contribution in [3.63, 3.8) is 0 Å². The monoisotopic (exact) mass is 288 g/mol. The van der Waals surface area contributed by atoms with E-state index in [4.69, 9.17) is 0 Å². The van der Waals surface area contributed by atoms with Gasteiger partial charge in [0, 0.05) is 20.1 Å². The molecule has 112 valence electrons. The average Bonchev–Trinajstić information content (AvgIpc) is 3.18. The molecule has 0 spiro atoms. The number of rotatable bonds is 5. The highest BCUT2D eigenvalue weighted by Crippen LogP contribution is 2.24. The van der Waals surface area contributed by atoms with E-state index >= 15 is 0 Å². The molecule has 0 radical (unpaired) electrons. The van der Waals surface area contributed by atoms with Gasteiger partial charge in [0.2, 0.25) is 11.9 Å². The SMILES string of the molecule is CCCC1CCN(c2nc(NC)nc(-n3cncn3)n2)C1. The van der Waals surface area contributed by atoms with Crippen molar-refractivity contribution >= 4 is 11.9 Å². The maximum absolute atomic E-state index is 4.52. The molecule has 3 heterocycles. The Kier molecular flexibility index (Phi) is 3.94. The zero-order valence-electron chi connectivity index (χ0n) is 12.4. The lowest BCUT2D eigenvalue weighted by atomic mass is 10.0. The van der Waals surface area contributed by atoms with Gasteiger partial charge < -0.3 is 10.2 Å². The van der Waals surface area contributed by atoms with Crippen molar-refractivity contribution in [2.75, 3.05) is 30.4 Å². The van der Waals surface area contributed by atoms with Crippen LogP contribution in [0, 0.1) is 5.92 Å². The van der Waals surface area contributed by atoms with E-state index in [1.54, 1.807) is 18.1 Å².